The zero-order valence-corrected chi connectivity index (χ0v) is 13.2. The number of aromatic nitrogens is 2. The van der Waals surface area contributed by atoms with Crippen molar-refractivity contribution in [3.05, 3.63) is 54.1 Å². The van der Waals surface area contributed by atoms with Gasteiger partial charge in [0.15, 0.2) is 0 Å². The first-order valence-electron chi connectivity index (χ1n) is 7.24. The molecule has 0 unspecified atom stereocenters. The first kappa shape index (κ1) is 15.5. The predicted octanol–water partition coefficient (Wildman–Crippen LogP) is 3.38. The van der Waals surface area contributed by atoms with E-state index in [1.807, 2.05) is 31.2 Å². The monoisotopic (exact) mass is 324 g/mol. The molecule has 0 aliphatic carbocycles. The van der Waals surface area contributed by atoms with E-state index in [9.17, 15) is 4.79 Å². The van der Waals surface area contributed by atoms with Gasteiger partial charge in [0.25, 0.3) is 0 Å². The third kappa shape index (κ3) is 3.05. The van der Waals surface area contributed by atoms with Crippen LogP contribution in [-0.4, -0.2) is 28.8 Å². The molecule has 3 aromatic rings. The minimum absolute atomic E-state index is 0.153. The number of carbonyl (C=O) groups is 1. The van der Waals surface area contributed by atoms with Crippen molar-refractivity contribution in [1.82, 2.24) is 9.55 Å². The first-order chi connectivity index (χ1) is 11.6. The van der Waals surface area contributed by atoms with E-state index >= 15 is 0 Å². The molecule has 24 heavy (non-hydrogen) atoms. The van der Waals surface area contributed by atoms with Crippen molar-refractivity contribution in [1.29, 1.82) is 5.41 Å². The van der Waals surface area contributed by atoms with Crippen molar-refractivity contribution < 1.29 is 14.3 Å². The number of ether oxygens (including phenoxy) is 2. The number of fused-ring (bicyclic) bond motifs is 1. The lowest BCUT2D eigenvalue weighted by molar-refractivity contribution is 0.186. The highest BCUT2D eigenvalue weighted by Gasteiger charge is 2.18. The Labute approximate surface area is 138 Å². The highest BCUT2D eigenvalue weighted by atomic mass is 16.5. The van der Waals surface area contributed by atoms with Crippen LogP contribution in [-0.2, 0) is 4.74 Å². The molecule has 3 rings (SSSR count). The van der Waals surface area contributed by atoms with E-state index in [4.69, 9.17) is 10.1 Å². The maximum atomic E-state index is 11.5. The first-order valence-corrected chi connectivity index (χ1v) is 7.24. The summed E-state index contributed by atoms with van der Waals surface area (Å²) in [5.41, 5.74) is 2.36. The second-order valence-electron chi connectivity index (χ2n) is 5.10. The van der Waals surface area contributed by atoms with Crippen molar-refractivity contribution >= 4 is 29.1 Å². The molecule has 0 saturated carbocycles. The molecule has 1 aromatic heterocycles. The topological polar surface area (TPSA) is 89.2 Å². The number of aryl methyl sites for hydroxylation is 1. The van der Waals surface area contributed by atoms with Gasteiger partial charge in [0.1, 0.15) is 5.75 Å². The molecule has 2 N–H and O–H groups in total. The highest BCUT2D eigenvalue weighted by molar-refractivity contribution is 5.95. The van der Waals surface area contributed by atoms with Gasteiger partial charge in [-0.15, -0.1) is 0 Å². The SMILES string of the molecule is COC(=O)Nc1nc2ccccc2n1C(=N)Oc1ccc(C)cc1. The average Bonchev–Trinajstić information content (AvgIpc) is 2.94. The molecule has 0 radical (unpaired) electrons. The van der Waals surface area contributed by atoms with E-state index in [1.54, 1.807) is 24.3 Å². The number of carbonyl (C=O) groups excluding carboxylic acids is 1. The van der Waals surface area contributed by atoms with Gasteiger partial charge < -0.3 is 9.47 Å². The molecule has 122 valence electrons. The number of amides is 1. The van der Waals surface area contributed by atoms with Gasteiger partial charge in [-0.25, -0.2) is 14.3 Å². The minimum Gasteiger partial charge on any atom is -0.453 e. The fourth-order valence-electron chi connectivity index (χ4n) is 2.22. The van der Waals surface area contributed by atoms with Crippen molar-refractivity contribution in [2.45, 2.75) is 6.92 Å². The molecule has 0 spiro atoms. The molecule has 7 nitrogen and oxygen atoms in total. The number of anilines is 1. The predicted molar refractivity (Wildman–Crippen MR) is 90.7 cm³/mol. The maximum absolute atomic E-state index is 11.5. The Morgan fingerprint density at radius 1 is 1.17 bits per heavy atom. The molecule has 1 heterocycles. The lowest BCUT2D eigenvalue weighted by atomic mass is 10.2. The average molecular weight is 324 g/mol. The molecule has 0 aliphatic rings. The summed E-state index contributed by atoms with van der Waals surface area (Å²) in [7, 11) is 1.26. The highest BCUT2D eigenvalue weighted by Crippen LogP contribution is 2.21. The van der Waals surface area contributed by atoms with E-state index in [-0.39, 0.29) is 12.0 Å². The minimum atomic E-state index is -0.672. The van der Waals surface area contributed by atoms with Crippen LogP contribution < -0.4 is 10.1 Å². The third-order valence-electron chi connectivity index (χ3n) is 3.40. The van der Waals surface area contributed by atoms with Crippen molar-refractivity contribution in [2.24, 2.45) is 0 Å². The molecule has 0 aliphatic heterocycles. The molecule has 0 bridgehead atoms. The van der Waals surface area contributed by atoms with Gasteiger partial charge in [-0.1, -0.05) is 29.8 Å². The van der Waals surface area contributed by atoms with Crippen LogP contribution in [0.25, 0.3) is 11.0 Å². The zero-order valence-electron chi connectivity index (χ0n) is 13.2. The fraction of sp³-hybridized carbons (Fsp3) is 0.118. The summed E-state index contributed by atoms with van der Waals surface area (Å²) in [5, 5.41) is 10.8. The van der Waals surface area contributed by atoms with Gasteiger partial charge in [-0.05, 0) is 31.2 Å². The van der Waals surface area contributed by atoms with Gasteiger partial charge in [0, 0.05) is 0 Å². The quantitative estimate of drug-likeness (QED) is 0.558. The summed E-state index contributed by atoms with van der Waals surface area (Å²) in [6, 6.07) is 14.4. The zero-order chi connectivity index (χ0) is 17.1. The van der Waals surface area contributed by atoms with E-state index in [0.717, 1.165) is 5.56 Å². The van der Waals surface area contributed by atoms with Crippen LogP contribution >= 0.6 is 0 Å². The number of para-hydroxylation sites is 2. The van der Waals surface area contributed by atoms with Crippen LogP contribution in [0, 0.1) is 12.3 Å². The normalized spacial score (nSPS) is 10.4. The maximum Gasteiger partial charge on any atom is 0.413 e. The summed E-state index contributed by atoms with van der Waals surface area (Å²) >= 11 is 0. The van der Waals surface area contributed by atoms with Gasteiger partial charge in [-0.2, -0.15) is 0 Å². The van der Waals surface area contributed by atoms with Gasteiger partial charge in [0.2, 0.25) is 5.95 Å². The van der Waals surface area contributed by atoms with Gasteiger partial charge in [-0.3, -0.25) is 10.7 Å². The number of imidazole rings is 1. The summed E-state index contributed by atoms with van der Waals surface area (Å²) in [4.78, 5) is 15.8. The molecule has 1 amide bonds. The largest absolute Gasteiger partial charge is 0.453 e. The Balaban J connectivity index is 1.99. The lowest BCUT2D eigenvalue weighted by Crippen LogP contribution is -2.22. The molecule has 0 fully saturated rings. The standard InChI is InChI=1S/C17H16N4O3/c1-11-7-9-12(10-8-11)24-15(18)21-14-6-4-3-5-13(14)19-16(21)20-17(22)23-2/h3-10,18H,1-2H3,(H,19,20,22). The van der Waals surface area contributed by atoms with E-state index in [1.165, 1.54) is 11.7 Å². The summed E-state index contributed by atoms with van der Waals surface area (Å²) in [5.74, 6) is 0.674. The number of hydrogen-bond acceptors (Lipinski definition) is 5. The second-order valence-corrected chi connectivity index (χ2v) is 5.10. The Morgan fingerprint density at radius 2 is 1.88 bits per heavy atom. The number of rotatable bonds is 2. The molecule has 7 heteroatoms. The summed E-state index contributed by atoms with van der Waals surface area (Å²) in [6.07, 6.45) is -0.672. The lowest BCUT2D eigenvalue weighted by Gasteiger charge is -2.11. The number of nitrogens with one attached hydrogen (secondary N) is 2. The van der Waals surface area contributed by atoms with Crippen molar-refractivity contribution in [2.75, 3.05) is 12.4 Å². The van der Waals surface area contributed by atoms with Crippen LogP contribution in [0.3, 0.4) is 0 Å². The van der Waals surface area contributed by atoms with Crippen molar-refractivity contribution in [3.8, 4) is 5.75 Å². The third-order valence-corrected chi connectivity index (χ3v) is 3.40. The fourth-order valence-corrected chi connectivity index (χ4v) is 2.22. The van der Waals surface area contributed by atoms with Crippen LogP contribution in [0.1, 0.15) is 5.56 Å². The van der Waals surface area contributed by atoms with E-state index in [0.29, 0.717) is 16.8 Å². The Bertz CT molecular complexity index is 900. The smallest absolute Gasteiger partial charge is 0.413 e. The Kier molecular flexibility index (Phi) is 4.15. The molecule has 0 saturated heterocycles. The number of methoxy groups -OCH3 is 1. The van der Waals surface area contributed by atoms with Gasteiger partial charge in [0.05, 0.1) is 18.1 Å². The van der Waals surface area contributed by atoms with Crippen LogP contribution in [0.5, 0.6) is 5.75 Å². The summed E-state index contributed by atoms with van der Waals surface area (Å²) in [6.45, 7) is 1.97. The molecule has 0 atom stereocenters. The number of nitrogens with zero attached hydrogens (tertiary/aromatic N) is 2. The molecular formula is C17H16N4O3. The van der Waals surface area contributed by atoms with E-state index < -0.39 is 6.09 Å². The number of hydrogen-bond donors (Lipinski definition) is 2. The Morgan fingerprint density at radius 3 is 2.58 bits per heavy atom. The second kappa shape index (κ2) is 6.41. The van der Waals surface area contributed by atoms with Crippen molar-refractivity contribution in [3.63, 3.8) is 0 Å². The number of benzene rings is 2. The summed E-state index contributed by atoms with van der Waals surface area (Å²) < 4.78 is 11.6. The van der Waals surface area contributed by atoms with Crippen LogP contribution in [0.2, 0.25) is 0 Å². The van der Waals surface area contributed by atoms with Crippen LogP contribution in [0.4, 0.5) is 10.7 Å². The molecule has 2 aromatic carbocycles. The molecular weight excluding hydrogens is 308 g/mol. The van der Waals surface area contributed by atoms with Crippen LogP contribution in [0.15, 0.2) is 48.5 Å². The van der Waals surface area contributed by atoms with E-state index in [2.05, 4.69) is 15.0 Å². The van der Waals surface area contributed by atoms with Gasteiger partial charge >= 0.3 is 12.1 Å². The Hall–Kier alpha value is -3.35.